The molecule has 4 heteroatoms. The van der Waals surface area contributed by atoms with Crippen molar-refractivity contribution in [2.45, 2.75) is 13.3 Å². The summed E-state index contributed by atoms with van der Waals surface area (Å²) >= 11 is 3.38. The second kappa shape index (κ2) is 7.57. The highest BCUT2D eigenvalue weighted by molar-refractivity contribution is 9.10. The number of carbonyl (C=O) groups is 1. The zero-order chi connectivity index (χ0) is 13.4. The molecule has 0 heterocycles. The van der Waals surface area contributed by atoms with Gasteiger partial charge in [-0.15, -0.1) is 11.8 Å². The van der Waals surface area contributed by atoms with Crippen molar-refractivity contribution in [2.75, 3.05) is 6.61 Å². The molecule has 3 nitrogen and oxygen atoms in total. The Balaban J connectivity index is 2.85. The average Bonchev–Trinajstić information content (AvgIpc) is 2.34. The van der Waals surface area contributed by atoms with Crippen LogP contribution in [0.4, 0.5) is 0 Å². The van der Waals surface area contributed by atoms with Crippen molar-refractivity contribution in [3.05, 3.63) is 34.3 Å². The van der Waals surface area contributed by atoms with Gasteiger partial charge in [0.15, 0.2) is 0 Å². The molecule has 0 atom stereocenters. The minimum absolute atomic E-state index is 0.470. The molecule has 18 heavy (non-hydrogen) atoms. The van der Waals surface area contributed by atoms with Crippen molar-refractivity contribution in [2.24, 2.45) is 0 Å². The lowest BCUT2D eigenvalue weighted by Crippen LogP contribution is -1.98. The summed E-state index contributed by atoms with van der Waals surface area (Å²) in [5.41, 5.74) is 0.719. The Morgan fingerprint density at radius 3 is 3.00 bits per heavy atom. The molecule has 0 bridgehead atoms. The molecule has 0 amide bonds. The van der Waals surface area contributed by atoms with Gasteiger partial charge < -0.3 is 9.84 Å². The largest absolute Gasteiger partial charge is 0.491 e. The van der Waals surface area contributed by atoms with Crippen LogP contribution in [0.1, 0.15) is 18.9 Å². The van der Waals surface area contributed by atoms with E-state index in [0.717, 1.165) is 16.1 Å². The zero-order valence-electron chi connectivity index (χ0n) is 9.94. The third kappa shape index (κ3) is 4.64. The number of carboxylic acids is 1. The van der Waals surface area contributed by atoms with Crippen molar-refractivity contribution in [3.8, 4) is 17.6 Å². The number of ether oxygens (including phenoxy) is 1. The van der Waals surface area contributed by atoms with Crippen LogP contribution < -0.4 is 4.74 Å². The molecule has 1 aromatic carbocycles. The summed E-state index contributed by atoms with van der Waals surface area (Å²) < 4.78 is 6.40. The zero-order valence-corrected chi connectivity index (χ0v) is 11.5. The number of halogens is 1. The standard InChI is InChI=1S/C14H13BrO3/c1-2-3-4-10-18-14-11(8-9-13(16)17)6-5-7-12(14)15/h5-9H,4,10H2,1H3,(H,16,17)/b9-8+. The summed E-state index contributed by atoms with van der Waals surface area (Å²) in [5, 5.41) is 8.62. The van der Waals surface area contributed by atoms with Crippen LogP contribution >= 0.6 is 15.9 Å². The maximum Gasteiger partial charge on any atom is 0.328 e. The van der Waals surface area contributed by atoms with Crippen molar-refractivity contribution in [1.82, 2.24) is 0 Å². The second-order valence-corrected chi connectivity index (χ2v) is 4.21. The van der Waals surface area contributed by atoms with E-state index in [0.29, 0.717) is 18.8 Å². The maximum absolute atomic E-state index is 10.5. The topological polar surface area (TPSA) is 46.5 Å². The molecule has 0 aromatic heterocycles. The molecule has 94 valence electrons. The van der Waals surface area contributed by atoms with E-state index >= 15 is 0 Å². The fraction of sp³-hybridized carbons (Fsp3) is 0.214. The summed E-state index contributed by atoms with van der Waals surface area (Å²) in [6.45, 7) is 2.25. The van der Waals surface area contributed by atoms with Gasteiger partial charge in [0.25, 0.3) is 0 Å². The Bertz CT molecular complexity index is 510. The predicted octanol–water partition coefficient (Wildman–Crippen LogP) is 3.34. The first-order chi connectivity index (χ1) is 8.65. The molecule has 0 saturated heterocycles. The Kier molecular flexibility index (Phi) is 6.03. The first-order valence-corrected chi connectivity index (χ1v) is 6.16. The summed E-state index contributed by atoms with van der Waals surface area (Å²) in [4.78, 5) is 10.5. The number of aliphatic carboxylic acids is 1. The van der Waals surface area contributed by atoms with Crippen LogP contribution in [0, 0.1) is 11.8 Å². The van der Waals surface area contributed by atoms with E-state index in [-0.39, 0.29) is 0 Å². The molecule has 1 N–H and O–H groups in total. The van der Waals surface area contributed by atoms with Crippen LogP contribution in [-0.2, 0) is 4.79 Å². The molecule has 0 spiro atoms. The molecule has 0 radical (unpaired) electrons. The smallest absolute Gasteiger partial charge is 0.328 e. The van der Waals surface area contributed by atoms with Crippen LogP contribution in [0.25, 0.3) is 6.08 Å². The molecule has 0 saturated carbocycles. The van der Waals surface area contributed by atoms with Crippen molar-refractivity contribution < 1.29 is 14.6 Å². The van der Waals surface area contributed by atoms with Crippen LogP contribution in [0.5, 0.6) is 5.75 Å². The van der Waals surface area contributed by atoms with Gasteiger partial charge in [-0.1, -0.05) is 12.1 Å². The average molecular weight is 309 g/mol. The molecule has 0 aliphatic rings. The first kappa shape index (κ1) is 14.3. The number of para-hydroxylation sites is 1. The van der Waals surface area contributed by atoms with E-state index in [1.54, 1.807) is 13.0 Å². The summed E-state index contributed by atoms with van der Waals surface area (Å²) in [6.07, 6.45) is 3.23. The number of carboxylic acid groups (broad SMARTS) is 1. The normalized spacial score (nSPS) is 9.89. The van der Waals surface area contributed by atoms with Gasteiger partial charge in [0.2, 0.25) is 0 Å². The van der Waals surface area contributed by atoms with Gasteiger partial charge in [-0.2, -0.15) is 0 Å². The highest BCUT2D eigenvalue weighted by Gasteiger charge is 2.05. The van der Waals surface area contributed by atoms with E-state index in [9.17, 15) is 4.79 Å². The van der Waals surface area contributed by atoms with Crippen LogP contribution in [-0.4, -0.2) is 17.7 Å². The van der Waals surface area contributed by atoms with E-state index in [4.69, 9.17) is 9.84 Å². The van der Waals surface area contributed by atoms with E-state index < -0.39 is 5.97 Å². The van der Waals surface area contributed by atoms with Gasteiger partial charge in [0.05, 0.1) is 11.1 Å². The Morgan fingerprint density at radius 2 is 2.33 bits per heavy atom. The van der Waals surface area contributed by atoms with Gasteiger partial charge in [0.1, 0.15) is 5.75 Å². The van der Waals surface area contributed by atoms with E-state index in [2.05, 4.69) is 27.8 Å². The third-order valence-corrected chi connectivity index (χ3v) is 2.68. The molecule has 1 aromatic rings. The summed E-state index contributed by atoms with van der Waals surface area (Å²) in [5.74, 6) is 5.34. The fourth-order valence-electron chi connectivity index (χ4n) is 1.30. The highest BCUT2D eigenvalue weighted by atomic mass is 79.9. The van der Waals surface area contributed by atoms with Gasteiger partial charge in [0, 0.05) is 18.1 Å². The van der Waals surface area contributed by atoms with Crippen LogP contribution in [0.15, 0.2) is 28.7 Å². The number of hydrogen-bond acceptors (Lipinski definition) is 2. The number of rotatable bonds is 5. The van der Waals surface area contributed by atoms with Gasteiger partial charge in [-0.05, 0) is 35.0 Å². The van der Waals surface area contributed by atoms with Crippen molar-refractivity contribution in [3.63, 3.8) is 0 Å². The molecule has 1 rings (SSSR count). The first-order valence-electron chi connectivity index (χ1n) is 5.37. The Hall–Kier alpha value is -1.73. The van der Waals surface area contributed by atoms with E-state index in [1.165, 1.54) is 6.08 Å². The molecule has 0 fully saturated rings. The molecule has 0 aliphatic heterocycles. The quantitative estimate of drug-likeness (QED) is 0.515. The van der Waals surface area contributed by atoms with Crippen molar-refractivity contribution >= 4 is 28.0 Å². The van der Waals surface area contributed by atoms with Gasteiger partial charge in [-0.25, -0.2) is 4.79 Å². The lowest BCUT2D eigenvalue weighted by Gasteiger charge is -2.09. The SMILES string of the molecule is CC#CCCOc1c(Br)cccc1/C=C/C(=O)O. The molecular formula is C14H13BrO3. The van der Waals surface area contributed by atoms with E-state index in [1.807, 2.05) is 12.1 Å². The van der Waals surface area contributed by atoms with Gasteiger partial charge >= 0.3 is 5.97 Å². The Labute approximate surface area is 115 Å². The minimum Gasteiger partial charge on any atom is -0.491 e. The maximum atomic E-state index is 10.5. The second-order valence-electron chi connectivity index (χ2n) is 3.35. The van der Waals surface area contributed by atoms with Crippen molar-refractivity contribution in [1.29, 1.82) is 0 Å². The Morgan fingerprint density at radius 1 is 1.56 bits per heavy atom. The lowest BCUT2D eigenvalue weighted by atomic mass is 10.2. The minimum atomic E-state index is -0.988. The predicted molar refractivity (Wildman–Crippen MR) is 74.4 cm³/mol. The monoisotopic (exact) mass is 308 g/mol. The van der Waals surface area contributed by atoms with Gasteiger partial charge in [-0.3, -0.25) is 0 Å². The third-order valence-electron chi connectivity index (χ3n) is 2.05. The molecular weight excluding hydrogens is 296 g/mol. The number of benzene rings is 1. The van der Waals surface area contributed by atoms with Crippen LogP contribution in [0.2, 0.25) is 0 Å². The lowest BCUT2D eigenvalue weighted by molar-refractivity contribution is -0.131. The summed E-state index contributed by atoms with van der Waals surface area (Å²) in [6, 6.07) is 5.47. The molecule has 0 unspecified atom stereocenters. The fourth-order valence-corrected chi connectivity index (χ4v) is 1.80. The summed E-state index contributed by atoms with van der Waals surface area (Å²) in [7, 11) is 0. The van der Waals surface area contributed by atoms with Crippen LogP contribution in [0.3, 0.4) is 0 Å². The number of hydrogen-bond donors (Lipinski definition) is 1. The molecule has 0 aliphatic carbocycles. The highest BCUT2D eigenvalue weighted by Crippen LogP contribution is 2.30.